The third-order valence-corrected chi connectivity index (χ3v) is 6.71. The molecule has 25 heavy (non-hydrogen) atoms. The highest BCUT2D eigenvalue weighted by atomic mass is 32.2. The molecule has 1 atom stereocenters. The smallest absolute Gasteiger partial charge is 0.243 e. The number of benzene rings is 2. The van der Waals surface area contributed by atoms with Gasteiger partial charge in [-0.2, -0.15) is 4.31 Å². The third kappa shape index (κ3) is 2.96. The molecule has 130 valence electrons. The Morgan fingerprint density at radius 3 is 2.56 bits per heavy atom. The standard InChI is InChI=1S/C19H19FN2O2S/c20-15-8-10-16(11-9-15)25(23,24)22-12-4-3-7-19(22)18-13-14-5-1-2-6-17(14)21-18/h1-2,5-6,8-11,13,19,21H,3-4,7,12H2. The Bertz CT molecular complexity index is 963. The first kappa shape index (κ1) is 16.3. The summed E-state index contributed by atoms with van der Waals surface area (Å²) in [4.78, 5) is 3.50. The SMILES string of the molecule is O=S(=O)(c1ccc(F)cc1)N1CCCCC1c1cc2ccccc2[nH]1. The number of hydrogen-bond donors (Lipinski definition) is 1. The van der Waals surface area contributed by atoms with Gasteiger partial charge >= 0.3 is 0 Å². The quantitative estimate of drug-likeness (QED) is 0.762. The molecule has 1 aliphatic rings. The van der Waals surface area contributed by atoms with Crippen molar-refractivity contribution in [3.05, 3.63) is 66.1 Å². The lowest BCUT2D eigenvalue weighted by molar-refractivity contribution is 0.252. The number of nitrogens with zero attached hydrogens (tertiary/aromatic N) is 1. The average Bonchev–Trinajstić information content (AvgIpc) is 3.06. The molecule has 1 fully saturated rings. The molecule has 0 bridgehead atoms. The van der Waals surface area contributed by atoms with Crippen LogP contribution >= 0.6 is 0 Å². The number of aromatic amines is 1. The van der Waals surface area contributed by atoms with Gasteiger partial charge in [0.05, 0.1) is 10.9 Å². The molecule has 4 nitrogen and oxygen atoms in total. The number of halogens is 1. The van der Waals surface area contributed by atoms with E-state index in [2.05, 4.69) is 4.98 Å². The van der Waals surface area contributed by atoms with Crippen LogP contribution in [-0.4, -0.2) is 24.3 Å². The van der Waals surface area contributed by atoms with Crippen molar-refractivity contribution in [3.63, 3.8) is 0 Å². The summed E-state index contributed by atoms with van der Waals surface area (Å²) in [6.45, 7) is 0.472. The number of nitrogens with one attached hydrogen (secondary N) is 1. The minimum Gasteiger partial charge on any atom is -0.357 e. The maximum Gasteiger partial charge on any atom is 0.243 e. The fourth-order valence-electron chi connectivity index (χ4n) is 3.52. The number of rotatable bonds is 3. The van der Waals surface area contributed by atoms with Crippen molar-refractivity contribution in [2.45, 2.75) is 30.2 Å². The summed E-state index contributed by atoms with van der Waals surface area (Å²) in [6.07, 6.45) is 2.58. The summed E-state index contributed by atoms with van der Waals surface area (Å²) in [5, 5.41) is 1.07. The number of hydrogen-bond acceptors (Lipinski definition) is 2. The summed E-state index contributed by atoms with van der Waals surface area (Å²) in [5.41, 5.74) is 1.91. The molecule has 0 spiro atoms. The molecule has 1 unspecified atom stereocenters. The van der Waals surface area contributed by atoms with E-state index in [9.17, 15) is 12.8 Å². The Balaban J connectivity index is 1.74. The molecule has 0 aliphatic carbocycles. The highest BCUT2D eigenvalue weighted by Gasteiger charge is 2.35. The first-order chi connectivity index (χ1) is 12.1. The van der Waals surface area contributed by atoms with Crippen LogP contribution in [0.3, 0.4) is 0 Å². The van der Waals surface area contributed by atoms with Gasteiger partial charge in [0.2, 0.25) is 10.0 Å². The van der Waals surface area contributed by atoms with Crippen LogP contribution in [0.25, 0.3) is 10.9 Å². The predicted octanol–water partition coefficient (Wildman–Crippen LogP) is 4.22. The van der Waals surface area contributed by atoms with Gasteiger partial charge in [-0.15, -0.1) is 0 Å². The lowest BCUT2D eigenvalue weighted by atomic mass is 10.0. The molecular formula is C19H19FN2O2S. The van der Waals surface area contributed by atoms with Gasteiger partial charge in [-0.3, -0.25) is 0 Å². The Hall–Kier alpha value is -2.18. The fourth-order valence-corrected chi connectivity index (χ4v) is 5.20. The van der Waals surface area contributed by atoms with Gasteiger partial charge in [-0.05, 0) is 54.6 Å². The van der Waals surface area contributed by atoms with Crippen LogP contribution in [-0.2, 0) is 10.0 Å². The van der Waals surface area contributed by atoms with E-state index in [-0.39, 0.29) is 10.9 Å². The third-order valence-electron chi connectivity index (χ3n) is 4.78. The summed E-state index contributed by atoms with van der Waals surface area (Å²) in [6, 6.07) is 14.8. The molecule has 1 aliphatic heterocycles. The van der Waals surface area contributed by atoms with Gasteiger partial charge in [0.25, 0.3) is 0 Å². The van der Waals surface area contributed by atoms with Gasteiger partial charge in [0, 0.05) is 17.8 Å². The average molecular weight is 358 g/mol. The predicted molar refractivity (Wildman–Crippen MR) is 95.2 cm³/mol. The van der Waals surface area contributed by atoms with Crippen LogP contribution < -0.4 is 0 Å². The highest BCUT2D eigenvalue weighted by molar-refractivity contribution is 7.89. The maximum atomic E-state index is 13.2. The van der Waals surface area contributed by atoms with Crippen LogP contribution in [0.15, 0.2) is 59.5 Å². The number of sulfonamides is 1. The van der Waals surface area contributed by atoms with Crippen molar-refractivity contribution in [3.8, 4) is 0 Å². The van der Waals surface area contributed by atoms with E-state index in [0.29, 0.717) is 6.54 Å². The molecule has 2 heterocycles. The van der Waals surface area contributed by atoms with E-state index in [1.807, 2.05) is 30.3 Å². The van der Waals surface area contributed by atoms with Crippen molar-refractivity contribution in [1.82, 2.24) is 9.29 Å². The van der Waals surface area contributed by atoms with Crippen LogP contribution in [0, 0.1) is 5.82 Å². The second-order valence-electron chi connectivity index (χ2n) is 6.39. The molecule has 1 saturated heterocycles. The van der Waals surface area contributed by atoms with E-state index in [1.165, 1.54) is 24.3 Å². The zero-order valence-corrected chi connectivity index (χ0v) is 14.5. The number of fused-ring (bicyclic) bond motifs is 1. The van der Waals surface area contributed by atoms with Crippen LogP contribution in [0.2, 0.25) is 0 Å². The lowest BCUT2D eigenvalue weighted by Crippen LogP contribution is -2.38. The molecule has 0 saturated carbocycles. The van der Waals surface area contributed by atoms with Crippen LogP contribution in [0.4, 0.5) is 4.39 Å². The van der Waals surface area contributed by atoms with E-state index in [4.69, 9.17) is 0 Å². The van der Waals surface area contributed by atoms with Gasteiger partial charge in [0.1, 0.15) is 5.82 Å². The minimum atomic E-state index is -3.67. The van der Waals surface area contributed by atoms with E-state index in [0.717, 1.165) is 35.9 Å². The first-order valence-corrected chi connectivity index (χ1v) is 9.85. The second-order valence-corrected chi connectivity index (χ2v) is 8.28. The number of H-pyrrole nitrogens is 1. The zero-order chi connectivity index (χ0) is 17.4. The van der Waals surface area contributed by atoms with Crippen LogP contribution in [0.1, 0.15) is 31.0 Å². The Labute approximate surface area is 146 Å². The van der Waals surface area contributed by atoms with Crippen molar-refractivity contribution in [2.75, 3.05) is 6.54 Å². The molecular weight excluding hydrogens is 339 g/mol. The number of para-hydroxylation sites is 1. The van der Waals surface area contributed by atoms with Gasteiger partial charge < -0.3 is 4.98 Å². The summed E-state index contributed by atoms with van der Waals surface area (Å²) < 4.78 is 40.9. The van der Waals surface area contributed by atoms with E-state index < -0.39 is 15.8 Å². The number of aromatic nitrogens is 1. The fraction of sp³-hybridized carbons (Fsp3) is 0.263. The topological polar surface area (TPSA) is 53.2 Å². The normalized spacial score (nSPS) is 19.3. The molecule has 4 rings (SSSR count). The first-order valence-electron chi connectivity index (χ1n) is 8.41. The molecule has 0 radical (unpaired) electrons. The van der Waals surface area contributed by atoms with Crippen molar-refractivity contribution in [2.24, 2.45) is 0 Å². The van der Waals surface area contributed by atoms with Crippen LogP contribution in [0.5, 0.6) is 0 Å². The Kier molecular flexibility index (Phi) is 4.09. The largest absolute Gasteiger partial charge is 0.357 e. The van der Waals surface area contributed by atoms with Gasteiger partial charge in [-0.25, -0.2) is 12.8 Å². The molecule has 1 aromatic heterocycles. The van der Waals surface area contributed by atoms with E-state index >= 15 is 0 Å². The molecule has 2 aromatic carbocycles. The van der Waals surface area contributed by atoms with Crippen molar-refractivity contribution < 1.29 is 12.8 Å². The summed E-state index contributed by atoms with van der Waals surface area (Å²) >= 11 is 0. The Morgan fingerprint density at radius 1 is 1.04 bits per heavy atom. The summed E-state index contributed by atoms with van der Waals surface area (Å²) in [7, 11) is -3.67. The molecule has 6 heteroatoms. The molecule has 3 aromatic rings. The number of piperidine rings is 1. The summed E-state index contributed by atoms with van der Waals surface area (Å²) in [5.74, 6) is -0.440. The lowest BCUT2D eigenvalue weighted by Gasteiger charge is -2.34. The van der Waals surface area contributed by atoms with Gasteiger partial charge in [0.15, 0.2) is 0 Å². The van der Waals surface area contributed by atoms with E-state index in [1.54, 1.807) is 4.31 Å². The molecule has 0 amide bonds. The zero-order valence-electron chi connectivity index (χ0n) is 13.7. The second kappa shape index (κ2) is 6.28. The van der Waals surface area contributed by atoms with Crippen molar-refractivity contribution >= 4 is 20.9 Å². The van der Waals surface area contributed by atoms with Crippen molar-refractivity contribution in [1.29, 1.82) is 0 Å². The van der Waals surface area contributed by atoms with Gasteiger partial charge in [-0.1, -0.05) is 24.6 Å². The molecule has 1 N–H and O–H groups in total. The highest BCUT2D eigenvalue weighted by Crippen LogP contribution is 2.36. The maximum absolute atomic E-state index is 13.2. The Morgan fingerprint density at radius 2 is 1.80 bits per heavy atom. The monoisotopic (exact) mass is 358 g/mol. The minimum absolute atomic E-state index is 0.136.